The summed E-state index contributed by atoms with van der Waals surface area (Å²) in [5, 5.41) is 9.98. The van der Waals surface area contributed by atoms with Crippen LogP contribution in [0.2, 0.25) is 0 Å². The summed E-state index contributed by atoms with van der Waals surface area (Å²) in [4.78, 5) is 15.3. The molecule has 3 rings (SSSR count). The van der Waals surface area contributed by atoms with E-state index in [1.165, 1.54) is 12.1 Å². The van der Waals surface area contributed by atoms with Gasteiger partial charge in [-0.3, -0.25) is 4.98 Å². The average molecular weight is 281 g/mol. The summed E-state index contributed by atoms with van der Waals surface area (Å²) in [5.41, 5.74) is 2.44. The normalized spacial score (nSPS) is 10.7. The molecule has 0 unspecified atom stereocenters. The van der Waals surface area contributed by atoms with E-state index in [1.807, 2.05) is 30.3 Å². The molecular formula is C17H12FNO2. The molecule has 21 heavy (non-hydrogen) atoms. The summed E-state index contributed by atoms with van der Waals surface area (Å²) >= 11 is 0. The van der Waals surface area contributed by atoms with E-state index >= 15 is 0 Å². The third-order valence-electron chi connectivity index (χ3n) is 3.34. The third kappa shape index (κ3) is 2.74. The largest absolute Gasteiger partial charge is 0.478 e. The van der Waals surface area contributed by atoms with Crippen molar-refractivity contribution in [3.8, 4) is 0 Å². The molecule has 1 heterocycles. The highest BCUT2D eigenvalue weighted by Gasteiger charge is 2.09. The van der Waals surface area contributed by atoms with E-state index in [9.17, 15) is 9.18 Å². The lowest BCUT2D eigenvalue weighted by Gasteiger charge is -2.07. The second kappa shape index (κ2) is 5.32. The second-order valence-corrected chi connectivity index (χ2v) is 4.82. The molecule has 0 bridgehead atoms. The first-order valence-electron chi connectivity index (χ1n) is 6.49. The number of benzene rings is 2. The number of aromatic nitrogens is 1. The standard InChI is InChI=1S/C17H12FNO2/c18-14-9-11(8-13(10-14)17(20)21)7-12-5-6-19-16-4-2-1-3-15(12)16/h1-6,8-10H,7H2,(H,20,21). The molecule has 1 N–H and O–H groups in total. The van der Waals surface area contributed by atoms with Crippen molar-refractivity contribution in [3.63, 3.8) is 0 Å². The molecule has 3 nitrogen and oxygen atoms in total. The van der Waals surface area contributed by atoms with Gasteiger partial charge in [0.15, 0.2) is 0 Å². The Hall–Kier alpha value is -2.75. The van der Waals surface area contributed by atoms with Crippen LogP contribution >= 0.6 is 0 Å². The van der Waals surface area contributed by atoms with Gasteiger partial charge in [-0.1, -0.05) is 18.2 Å². The highest BCUT2D eigenvalue weighted by Crippen LogP contribution is 2.20. The SMILES string of the molecule is O=C(O)c1cc(F)cc(Cc2ccnc3ccccc23)c1. The zero-order chi connectivity index (χ0) is 14.8. The highest BCUT2D eigenvalue weighted by molar-refractivity contribution is 5.88. The van der Waals surface area contributed by atoms with Gasteiger partial charge in [0.05, 0.1) is 11.1 Å². The summed E-state index contributed by atoms with van der Waals surface area (Å²) in [6.45, 7) is 0. The second-order valence-electron chi connectivity index (χ2n) is 4.82. The fraction of sp³-hybridized carbons (Fsp3) is 0.0588. The van der Waals surface area contributed by atoms with E-state index in [0.717, 1.165) is 22.5 Å². The highest BCUT2D eigenvalue weighted by atomic mass is 19.1. The molecule has 0 saturated carbocycles. The number of carboxylic acid groups (broad SMARTS) is 1. The molecule has 0 aliphatic heterocycles. The van der Waals surface area contributed by atoms with Crippen LogP contribution in [0.4, 0.5) is 4.39 Å². The third-order valence-corrected chi connectivity index (χ3v) is 3.34. The maximum atomic E-state index is 13.5. The summed E-state index contributed by atoms with van der Waals surface area (Å²) in [5.74, 6) is -1.67. The molecule has 0 atom stereocenters. The minimum absolute atomic E-state index is 0.0386. The summed E-state index contributed by atoms with van der Waals surface area (Å²) < 4.78 is 13.5. The van der Waals surface area contributed by atoms with Gasteiger partial charge in [0.2, 0.25) is 0 Å². The quantitative estimate of drug-likeness (QED) is 0.797. The van der Waals surface area contributed by atoms with E-state index in [1.54, 1.807) is 6.20 Å². The number of carbonyl (C=O) groups is 1. The number of pyridine rings is 1. The Balaban J connectivity index is 2.05. The smallest absolute Gasteiger partial charge is 0.335 e. The molecular weight excluding hydrogens is 269 g/mol. The molecule has 0 saturated heterocycles. The van der Waals surface area contributed by atoms with Crippen molar-refractivity contribution in [3.05, 3.63) is 77.2 Å². The molecule has 104 valence electrons. The zero-order valence-corrected chi connectivity index (χ0v) is 11.1. The molecule has 4 heteroatoms. The van der Waals surface area contributed by atoms with E-state index in [-0.39, 0.29) is 5.56 Å². The maximum Gasteiger partial charge on any atom is 0.335 e. The van der Waals surface area contributed by atoms with Crippen molar-refractivity contribution in [2.75, 3.05) is 0 Å². The predicted molar refractivity (Wildman–Crippen MR) is 77.9 cm³/mol. The van der Waals surface area contributed by atoms with Crippen molar-refractivity contribution in [2.24, 2.45) is 0 Å². The van der Waals surface area contributed by atoms with Crippen molar-refractivity contribution in [1.82, 2.24) is 4.98 Å². The Morgan fingerprint density at radius 2 is 1.95 bits per heavy atom. The van der Waals surface area contributed by atoms with Gasteiger partial charge in [0.25, 0.3) is 0 Å². The topological polar surface area (TPSA) is 50.2 Å². The number of rotatable bonds is 3. The van der Waals surface area contributed by atoms with Crippen LogP contribution in [0.5, 0.6) is 0 Å². The molecule has 0 aliphatic carbocycles. The van der Waals surface area contributed by atoms with Gasteiger partial charge >= 0.3 is 5.97 Å². The van der Waals surface area contributed by atoms with Crippen LogP contribution in [0.1, 0.15) is 21.5 Å². The predicted octanol–water partition coefficient (Wildman–Crippen LogP) is 3.66. The van der Waals surface area contributed by atoms with Gasteiger partial charge in [-0.05, 0) is 47.9 Å². The first-order chi connectivity index (χ1) is 10.1. The van der Waals surface area contributed by atoms with Crippen LogP contribution in [0.3, 0.4) is 0 Å². The van der Waals surface area contributed by atoms with Crippen molar-refractivity contribution < 1.29 is 14.3 Å². The van der Waals surface area contributed by atoms with E-state index < -0.39 is 11.8 Å². The first-order valence-corrected chi connectivity index (χ1v) is 6.49. The summed E-state index contributed by atoms with van der Waals surface area (Å²) in [6.07, 6.45) is 2.16. The zero-order valence-electron chi connectivity index (χ0n) is 11.1. The van der Waals surface area contributed by atoms with Crippen LogP contribution < -0.4 is 0 Å². The minimum atomic E-state index is -1.13. The Morgan fingerprint density at radius 3 is 2.76 bits per heavy atom. The molecule has 1 aromatic heterocycles. The number of aromatic carboxylic acids is 1. The van der Waals surface area contributed by atoms with Crippen molar-refractivity contribution in [2.45, 2.75) is 6.42 Å². The van der Waals surface area contributed by atoms with E-state index in [0.29, 0.717) is 12.0 Å². The van der Waals surface area contributed by atoms with Crippen molar-refractivity contribution in [1.29, 1.82) is 0 Å². The number of carboxylic acids is 1. The number of hydrogen-bond acceptors (Lipinski definition) is 2. The Labute approximate surface area is 120 Å². The minimum Gasteiger partial charge on any atom is -0.478 e. The molecule has 3 aromatic rings. The molecule has 0 aliphatic rings. The molecule has 2 aromatic carbocycles. The van der Waals surface area contributed by atoms with E-state index in [2.05, 4.69) is 4.98 Å². The lowest BCUT2D eigenvalue weighted by molar-refractivity contribution is 0.0696. The number of halogens is 1. The van der Waals surface area contributed by atoms with Crippen LogP contribution in [0.25, 0.3) is 10.9 Å². The number of fused-ring (bicyclic) bond motifs is 1. The molecule has 0 amide bonds. The van der Waals surface area contributed by atoms with Gasteiger partial charge in [0, 0.05) is 11.6 Å². The lowest BCUT2D eigenvalue weighted by atomic mass is 10.00. The Morgan fingerprint density at radius 1 is 1.14 bits per heavy atom. The van der Waals surface area contributed by atoms with Gasteiger partial charge in [-0.2, -0.15) is 0 Å². The van der Waals surface area contributed by atoms with E-state index in [4.69, 9.17) is 5.11 Å². The van der Waals surface area contributed by atoms with Crippen LogP contribution in [0, 0.1) is 5.82 Å². The monoisotopic (exact) mass is 281 g/mol. The molecule has 0 fully saturated rings. The van der Waals surface area contributed by atoms with Crippen molar-refractivity contribution >= 4 is 16.9 Å². The van der Waals surface area contributed by atoms with Gasteiger partial charge < -0.3 is 5.11 Å². The first kappa shape index (κ1) is 13.2. The molecule has 0 spiro atoms. The van der Waals surface area contributed by atoms with Gasteiger partial charge in [-0.25, -0.2) is 9.18 Å². The molecule has 0 radical (unpaired) electrons. The average Bonchev–Trinajstić information content (AvgIpc) is 2.47. The van der Waals surface area contributed by atoms with Gasteiger partial charge in [0.1, 0.15) is 5.82 Å². The fourth-order valence-corrected chi connectivity index (χ4v) is 2.41. The fourth-order valence-electron chi connectivity index (χ4n) is 2.41. The lowest BCUT2D eigenvalue weighted by Crippen LogP contribution is -2.00. The van der Waals surface area contributed by atoms with Crippen LogP contribution in [-0.4, -0.2) is 16.1 Å². The summed E-state index contributed by atoms with van der Waals surface area (Å²) in [6, 6.07) is 13.4. The summed E-state index contributed by atoms with van der Waals surface area (Å²) in [7, 11) is 0. The Bertz CT molecular complexity index is 825. The van der Waals surface area contributed by atoms with Gasteiger partial charge in [-0.15, -0.1) is 0 Å². The van der Waals surface area contributed by atoms with Crippen LogP contribution in [-0.2, 0) is 6.42 Å². The Kier molecular flexibility index (Phi) is 3.36. The number of para-hydroxylation sites is 1. The maximum absolute atomic E-state index is 13.5. The number of nitrogens with zero attached hydrogens (tertiary/aromatic N) is 1. The van der Waals surface area contributed by atoms with Crippen LogP contribution in [0.15, 0.2) is 54.7 Å². The number of hydrogen-bond donors (Lipinski definition) is 1.